The van der Waals surface area contributed by atoms with Crippen LogP contribution in [0.15, 0.2) is 18.2 Å². The van der Waals surface area contributed by atoms with Crippen LogP contribution in [0, 0.1) is 6.92 Å². The van der Waals surface area contributed by atoms with Gasteiger partial charge in [0.25, 0.3) is 0 Å². The van der Waals surface area contributed by atoms with Crippen molar-refractivity contribution in [2.24, 2.45) is 0 Å². The molecule has 1 saturated heterocycles. The minimum absolute atomic E-state index is 0.0860. The lowest BCUT2D eigenvalue weighted by Gasteiger charge is -2.19. The van der Waals surface area contributed by atoms with Crippen molar-refractivity contribution in [1.82, 2.24) is 5.32 Å². The average molecular weight is 275 g/mol. The zero-order chi connectivity index (χ0) is 14.7. The summed E-state index contributed by atoms with van der Waals surface area (Å²) in [6, 6.07) is 5.25. The summed E-state index contributed by atoms with van der Waals surface area (Å²) < 4.78 is 0. The topological polar surface area (TPSA) is 78.5 Å². The molecule has 0 saturated carbocycles. The van der Waals surface area contributed by atoms with Crippen molar-refractivity contribution in [3.8, 4) is 0 Å². The van der Waals surface area contributed by atoms with Gasteiger partial charge in [-0.15, -0.1) is 0 Å². The molecule has 6 heteroatoms. The van der Waals surface area contributed by atoms with Crippen LogP contribution in [0.5, 0.6) is 0 Å². The van der Waals surface area contributed by atoms with Crippen molar-refractivity contribution in [1.29, 1.82) is 0 Å². The molecular formula is C14H17N3O3. The SMILES string of the molecule is CNC(=O)C(=O)Nc1ccc(C)c(N2CCCC2=O)c1. The van der Waals surface area contributed by atoms with Crippen LogP contribution in [0.4, 0.5) is 11.4 Å². The summed E-state index contributed by atoms with van der Waals surface area (Å²) in [6.07, 6.45) is 1.39. The number of nitrogens with zero attached hydrogens (tertiary/aromatic N) is 1. The van der Waals surface area contributed by atoms with Crippen LogP contribution < -0.4 is 15.5 Å². The number of carbonyl (C=O) groups is 3. The molecule has 0 aliphatic carbocycles. The summed E-state index contributed by atoms with van der Waals surface area (Å²) in [5, 5.41) is 4.77. The fourth-order valence-corrected chi connectivity index (χ4v) is 2.18. The molecule has 0 unspecified atom stereocenters. The molecule has 3 amide bonds. The number of carbonyl (C=O) groups excluding carboxylic acids is 3. The quantitative estimate of drug-likeness (QED) is 0.784. The van der Waals surface area contributed by atoms with E-state index in [4.69, 9.17) is 0 Å². The fraction of sp³-hybridized carbons (Fsp3) is 0.357. The summed E-state index contributed by atoms with van der Waals surface area (Å²) in [6.45, 7) is 2.60. The van der Waals surface area contributed by atoms with Crippen molar-refractivity contribution in [2.45, 2.75) is 19.8 Å². The van der Waals surface area contributed by atoms with Gasteiger partial charge in [0.2, 0.25) is 5.91 Å². The van der Waals surface area contributed by atoms with Crippen LogP contribution in [-0.2, 0) is 14.4 Å². The van der Waals surface area contributed by atoms with Crippen molar-refractivity contribution in [2.75, 3.05) is 23.8 Å². The second kappa shape index (κ2) is 5.73. The van der Waals surface area contributed by atoms with Crippen LogP contribution in [0.1, 0.15) is 18.4 Å². The van der Waals surface area contributed by atoms with Gasteiger partial charge < -0.3 is 15.5 Å². The number of nitrogens with one attached hydrogen (secondary N) is 2. The van der Waals surface area contributed by atoms with E-state index in [0.717, 1.165) is 17.7 Å². The maximum absolute atomic E-state index is 11.8. The average Bonchev–Trinajstić information content (AvgIpc) is 2.86. The summed E-state index contributed by atoms with van der Waals surface area (Å²) in [7, 11) is 1.39. The zero-order valence-corrected chi connectivity index (χ0v) is 11.5. The number of hydrogen-bond acceptors (Lipinski definition) is 3. The van der Waals surface area contributed by atoms with Crippen molar-refractivity contribution in [3.05, 3.63) is 23.8 Å². The van der Waals surface area contributed by atoms with E-state index in [1.165, 1.54) is 7.05 Å². The van der Waals surface area contributed by atoms with Gasteiger partial charge in [0.05, 0.1) is 0 Å². The van der Waals surface area contributed by atoms with Crippen LogP contribution in [0.25, 0.3) is 0 Å². The first kappa shape index (κ1) is 14.0. The molecule has 0 atom stereocenters. The molecule has 20 heavy (non-hydrogen) atoms. The molecule has 106 valence electrons. The fourth-order valence-electron chi connectivity index (χ4n) is 2.18. The molecule has 0 spiro atoms. The van der Waals surface area contributed by atoms with Gasteiger partial charge in [-0.05, 0) is 31.0 Å². The molecule has 2 N–H and O–H groups in total. The third kappa shape index (κ3) is 2.79. The number of hydrogen-bond donors (Lipinski definition) is 2. The maximum Gasteiger partial charge on any atom is 0.313 e. The third-order valence-corrected chi connectivity index (χ3v) is 3.26. The molecule has 6 nitrogen and oxygen atoms in total. The number of benzene rings is 1. The standard InChI is InChI=1S/C14H17N3O3/c1-9-5-6-10(16-14(20)13(19)15-2)8-11(9)17-7-3-4-12(17)18/h5-6,8H,3-4,7H2,1-2H3,(H,15,19)(H,16,20). The van der Waals surface area contributed by atoms with Gasteiger partial charge in [0.15, 0.2) is 0 Å². The van der Waals surface area contributed by atoms with E-state index in [0.29, 0.717) is 18.7 Å². The molecular weight excluding hydrogens is 258 g/mol. The van der Waals surface area contributed by atoms with Gasteiger partial charge in [0, 0.05) is 31.4 Å². The van der Waals surface area contributed by atoms with Crippen molar-refractivity contribution in [3.63, 3.8) is 0 Å². The maximum atomic E-state index is 11.8. The third-order valence-electron chi connectivity index (χ3n) is 3.26. The summed E-state index contributed by atoms with van der Waals surface area (Å²) in [5.74, 6) is -1.35. The van der Waals surface area contributed by atoms with Crippen molar-refractivity contribution >= 4 is 29.1 Å². The Morgan fingerprint density at radius 2 is 2.00 bits per heavy atom. The second-order valence-electron chi connectivity index (χ2n) is 4.68. The highest BCUT2D eigenvalue weighted by Gasteiger charge is 2.23. The normalized spacial score (nSPS) is 14.3. The predicted octanol–water partition coefficient (Wildman–Crippen LogP) is 0.806. The Hall–Kier alpha value is -2.37. The number of likely N-dealkylation sites (N-methyl/N-ethyl adjacent to an activating group) is 1. The molecule has 0 aromatic heterocycles. The van der Waals surface area contributed by atoms with E-state index in [9.17, 15) is 14.4 Å². The van der Waals surface area contributed by atoms with Crippen LogP contribution >= 0.6 is 0 Å². The minimum Gasteiger partial charge on any atom is -0.351 e. The minimum atomic E-state index is -0.727. The highest BCUT2D eigenvalue weighted by molar-refractivity contribution is 6.39. The summed E-state index contributed by atoms with van der Waals surface area (Å²) in [5.41, 5.74) is 2.24. The Labute approximate surface area is 117 Å². The molecule has 0 bridgehead atoms. The zero-order valence-electron chi connectivity index (χ0n) is 11.5. The first-order valence-corrected chi connectivity index (χ1v) is 6.47. The molecule has 1 aliphatic heterocycles. The Balaban J connectivity index is 2.22. The lowest BCUT2D eigenvalue weighted by Crippen LogP contribution is -2.32. The van der Waals surface area contributed by atoms with Gasteiger partial charge >= 0.3 is 11.8 Å². The molecule has 1 heterocycles. The van der Waals surface area contributed by atoms with E-state index in [1.54, 1.807) is 17.0 Å². The molecule has 1 fully saturated rings. The largest absolute Gasteiger partial charge is 0.351 e. The first-order chi connectivity index (χ1) is 9.52. The monoisotopic (exact) mass is 275 g/mol. The van der Waals surface area contributed by atoms with Gasteiger partial charge in [-0.2, -0.15) is 0 Å². The molecule has 1 aliphatic rings. The Morgan fingerprint density at radius 3 is 2.60 bits per heavy atom. The molecule has 1 aromatic rings. The van der Waals surface area contributed by atoms with E-state index in [1.807, 2.05) is 13.0 Å². The first-order valence-electron chi connectivity index (χ1n) is 6.47. The number of amides is 3. The van der Waals surface area contributed by atoms with Crippen LogP contribution in [0.2, 0.25) is 0 Å². The lowest BCUT2D eigenvalue weighted by atomic mass is 10.1. The van der Waals surface area contributed by atoms with E-state index in [-0.39, 0.29) is 5.91 Å². The van der Waals surface area contributed by atoms with Gasteiger partial charge in [-0.25, -0.2) is 0 Å². The Morgan fingerprint density at radius 1 is 1.25 bits per heavy atom. The van der Waals surface area contributed by atoms with Crippen molar-refractivity contribution < 1.29 is 14.4 Å². The van der Waals surface area contributed by atoms with E-state index in [2.05, 4.69) is 10.6 Å². The Kier molecular flexibility index (Phi) is 4.02. The van der Waals surface area contributed by atoms with E-state index < -0.39 is 11.8 Å². The highest BCUT2D eigenvalue weighted by Crippen LogP contribution is 2.28. The summed E-state index contributed by atoms with van der Waals surface area (Å²) in [4.78, 5) is 36.2. The van der Waals surface area contributed by atoms with Gasteiger partial charge in [0.1, 0.15) is 0 Å². The molecule has 1 aromatic carbocycles. The van der Waals surface area contributed by atoms with Gasteiger partial charge in [-0.3, -0.25) is 14.4 Å². The van der Waals surface area contributed by atoms with Gasteiger partial charge in [-0.1, -0.05) is 6.07 Å². The van der Waals surface area contributed by atoms with Crippen LogP contribution in [0.3, 0.4) is 0 Å². The van der Waals surface area contributed by atoms with Crippen LogP contribution in [-0.4, -0.2) is 31.3 Å². The summed E-state index contributed by atoms with van der Waals surface area (Å²) >= 11 is 0. The lowest BCUT2D eigenvalue weighted by molar-refractivity contribution is -0.135. The number of rotatable bonds is 2. The number of anilines is 2. The van der Waals surface area contributed by atoms with E-state index >= 15 is 0 Å². The smallest absolute Gasteiger partial charge is 0.313 e. The molecule has 2 rings (SSSR count). The Bertz CT molecular complexity index is 569. The predicted molar refractivity (Wildman–Crippen MR) is 75.5 cm³/mol. The highest BCUT2D eigenvalue weighted by atomic mass is 16.2. The second-order valence-corrected chi connectivity index (χ2v) is 4.68. The molecule has 0 radical (unpaired) electrons. The number of aryl methyl sites for hydroxylation is 1.